The summed E-state index contributed by atoms with van der Waals surface area (Å²) in [7, 11) is -5.08. The van der Waals surface area contributed by atoms with Crippen molar-refractivity contribution in [3.05, 3.63) is 0 Å². The lowest BCUT2D eigenvalue weighted by molar-refractivity contribution is 0.206. The molecule has 0 N–H and O–H groups in total. The number of nitrogens with zero attached hydrogens (tertiary/aromatic N) is 3. The average Bonchev–Trinajstić information content (AvgIpc) is 2.46. The number of piperidine rings is 2. The van der Waals surface area contributed by atoms with Gasteiger partial charge in [0.05, 0.1) is 6.26 Å². The van der Waals surface area contributed by atoms with Gasteiger partial charge in [0.15, 0.2) is 0 Å². The SMILES string of the molecule is CC1CCCCN1S(=O)(=O)N1CCC(N(C)S(C)(=O)=O)CC1. The van der Waals surface area contributed by atoms with Crippen LogP contribution in [0.25, 0.3) is 0 Å². The molecule has 1 unspecified atom stereocenters. The Hall–Kier alpha value is -0.220. The minimum Gasteiger partial charge on any atom is -0.213 e. The maximum Gasteiger partial charge on any atom is 0.282 e. The lowest BCUT2D eigenvalue weighted by Crippen LogP contribution is -2.53. The van der Waals surface area contributed by atoms with Crippen LogP contribution in [0.1, 0.15) is 39.0 Å². The van der Waals surface area contributed by atoms with E-state index in [9.17, 15) is 16.8 Å². The summed E-state index contributed by atoms with van der Waals surface area (Å²) >= 11 is 0. The molecule has 0 aromatic rings. The molecule has 130 valence electrons. The van der Waals surface area contributed by atoms with Crippen LogP contribution in [0, 0.1) is 0 Å². The molecule has 0 radical (unpaired) electrons. The van der Waals surface area contributed by atoms with Gasteiger partial charge in [-0.05, 0) is 32.6 Å². The van der Waals surface area contributed by atoms with Crippen molar-refractivity contribution in [3.8, 4) is 0 Å². The van der Waals surface area contributed by atoms with Gasteiger partial charge in [-0.2, -0.15) is 17.0 Å². The molecule has 2 fully saturated rings. The molecule has 0 aromatic heterocycles. The van der Waals surface area contributed by atoms with E-state index in [1.165, 1.54) is 14.9 Å². The van der Waals surface area contributed by atoms with Crippen molar-refractivity contribution in [1.82, 2.24) is 12.9 Å². The fourth-order valence-corrected chi connectivity index (χ4v) is 5.91. The summed E-state index contributed by atoms with van der Waals surface area (Å²) in [6, 6.07) is -0.0598. The zero-order chi connectivity index (χ0) is 16.5. The molecule has 9 heteroatoms. The summed E-state index contributed by atoms with van der Waals surface area (Å²) in [6.07, 6.45) is 5.18. The number of hydrogen-bond donors (Lipinski definition) is 0. The van der Waals surface area contributed by atoms with Crippen molar-refractivity contribution in [2.24, 2.45) is 0 Å². The Balaban J connectivity index is 2.01. The van der Waals surface area contributed by atoms with Gasteiger partial charge in [0, 0.05) is 38.8 Å². The minimum atomic E-state index is -3.42. The first-order valence-corrected chi connectivity index (χ1v) is 11.1. The Bertz CT molecular complexity index is 582. The van der Waals surface area contributed by atoms with Crippen LogP contribution in [-0.2, 0) is 20.2 Å². The van der Waals surface area contributed by atoms with Gasteiger partial charge in [-0.15, -0.1) is 0 Å². The van der Waals surface area contributed by atoms with Gasteiger partial charge in [0.2, 0.25) is 10.0 Å². The molecule has 0 spiro atoms. The molecule has 7 nitrogen and oxygen atoms in total. The Morgan fingerprint density at radius 3 is 2.05 bits per heavy atom. The Kier molecular flexibility index (Phi) is 5.54. The van der Waals surface area contributed by atoms with Crippen molar-refractivity contribution in [1.29, 1.82) is 0 Å². The third-order valence-electron chi connectivity index (χ3n) is 4.83. The van der Waals surface area contributed by atoms with E-state index < -0.39 is 20.2 Å². The van der Waals surface area contributed by atoms with Gasteiger partial charge in [-0.25, -0.2) is 12.7 Å². The lowest BCUT2D eigenvalue weighted by Gasteiger charge is -2.40. The smallest absolute Gasteiger partial charge is 0.213 e. The molecule has 1 atom stereocenters. The van der Waals surface area contributed by atoms with Crippen molar-refractivity contribution in [2.45, 2.75) is 51.1 Å². The van der Waals surface area contributed by atoms with Crippen LogP contribution in [0.2, 0.25) is 0 Å². The Morgan fingerprint density at radius 1 is 0.955 bits per heavy atom. The van der Waals surface area contributed by atoms with Crippen molar-refractivity contribution >= 4 is 20.2 Å². The first-order chi connectivity index (χ1) is 10.1. The van der Waals surface area contributed by atoms with Gasteiger partial charge in [-0.1, -0.05) is 6.42 Å². The molecular weight excluding hydrogens is 326 g/mol. The molecule has 0 aromatic carbocycles. The van der Waals surface area contributed by atoms with E-state index >= 15 is 0 Å². The molecular formula is C13H27N3O4S2. The van der Waals surface area contributed by atoms with E-state index in [4.69, 9.17) is 0 Å². The first-order valence-electron chi connectivity index (χ1n) is 7.84. The second kappa shape index (κ2) is 6.72. The summed E-state index contributed by atoms with van der Waals surface area (Å²) in [5.74, 6) is 0. The minimum absolute atomic E-state index is 0.0511. The molecule has 2 aliphatic heterocycles. The van der Waals surface area contributed by atoms with Crippen LogP contribution in [0.3, 0.4) is 0 Å². The van der Waals surface area contributed by atoms with E-state index in [1.807, 2.05) is 6.92 Å². The third kappa shape index (κ3) is 3.81. The summed E-state index contributed by atoms with van der Waals surface area (Å²) in [4.78, 5) is 0. The zero-order valence-electron chi connectivity index (χ0n) is 13.6. The molecule has 0 bridgehead atoms. The van der Waals surface area contributed by atoms with Crippen LogP contribution in [0.15, 0.2) is 0 Å². The van der Waals surface area contributed by atoms with E-state index in [2.05, 4.69) is 0 Å². The van der Waals surface area contributed by atoms with Gasteiger partial charge in [-0.3, -0.25) is 0 Å². The highest BCUT2D eigenvalue weighted by molar-refractivity contribution is 7.88. The van der Waals surface area contributed by atoms with Gasteiger partial charge in [0.1, 0.15) is 0 Å². The van der Waals surface area contributed by atoms with Crippen LogP contribution < -0.4 is 0 Å². The van der Waals surface area contributed by atoms with E-state index in [0.717, 1.165) is 19.3 Å². The average molecular weight is 354 g/mol. The summed E-state index contributed by atoms with van der Waals surface area (Å²) < 4.78 is 53.1. The van der Waals surface area contributed by atoms with E-state index in [1.54, 1.807) is 11.4 Å². The Morgan fingerprint density at radius 2 is 1.55 bits per heavy atom. The molecule has 0 amide bonds. The Labute approximate surface area is 134 Å². The maximum absolute atomic E-state index is 12.7. The lowest BCUT2D eigenvalue weighted by atomic mass is 10.1. The third-order valence-corrected chi connectivity index (χ3v) is 8.32. The highest BCUT2D eigenvalue weighted by Gasteiger charge is 2.37. The maximum atomic E-state index is 12.7. The van der Waals surface area contributed by atoms with Crippen LogP contribution in [0.4, 0.5) is 0 Å². The quantitative estimate of drug-likeness (QED) is 0.736. The second-order valence-corrected chi connectivity index (χ2v) is 10.3. The first kappa shape index (κ1) is 18.1. The van der Waals surface area contributed by atoms with E-state index in [0.29, 0.717) is 32.5 Å². The molecule has 22 heavy (non-hydrogen) atoms. The summed E-state index contributed by atoms with van der Waals surface area (Å²) in [5.41, 5.74) is 0. The van der Waals surface area contributed by atoms with Crippen LogP contribution >= 0.6 is 0 Å². The summed E-state index contributed by atoms with van der Waals surface area (Å²) in [6.45, 7) is 3.32. The molecule has 0 aliphatic carbocycles. The predicted octanol–water partition coefficient (Wildman–Crippen LogP) is 0.461. The normalized spacial score (nSPS) is 27.4. The molecule has 0 saturated carbocycles. The predicted molar refractivity (Wildman–Crippen MR) is 86.1 cm³/mol. The van der Waals surface area contributed by atoms with Crippen molar-refractivity contribution < 1.29 is 16.8 Å². The number of sulfonamides is 1. The highest BCUT2D eigenvalue weighted by atomic mass is 32.2. The van der Waals surface area contributed by atoms with Crippen molar-refractivity contribution in [3.63, 3.8) is 0 Å². The molecule has 2 rings (SSSR count). The molecule has 2 saturated heterocycles. The summed E-state index contributed by atoms with van der Waals surface area (Å²) in [5, 5.41) is 0. The van der Waals surface area contributed by atoms with Gasteiger partial charge < -0.3 is 0 Å². The van der Waals surface area contributed by atoms with Crippen LogP contribution in [0.5, 0.6) is 0 Å². The van der Waals surface area contributed by atoms with Crippen LogP contribution in [-0.4, -0.2) is 74.8 Å². The van der Waals surface area contributed by atoms with E-state index in [-0.39, 0.29) is 12.1 Å². The molecule has 2 aliphatic rings. The second-order valence-electron chi connectivity index (χ2n) is 6.37. The monoisotopic (exact) mass is 353 g/mol. The number of rotatable bonds is 4. The highest BCUT2D eigenvalue weighted by Crippen LogP contribution is 2.26. The zero-order valence-corrected chi connectivity index (χ0v) is 15.2. The topological polar surface area (TPSA) is 78.0 Å². The fraction of sp³-hybridized carbons (Fsp3) is 1.00. The fourth-order valence-electron chi connectivity index (χ4n) is 3.27. The van der Waals surface area contributed by atoms with Crippen molar-refractivity contribution in [2.75, 3.05) is 32.9 Å². The largest absolute Gasteiger partial charge is 0.282 e. The number of hydrogen-bond acceptors (Lipinski definition) is 4. The molecule has 2 heterocycles. The van der Waals surface area contributed by atoms with Gasteiger partial charge in [0.25, 0.3) is 10.2 Å². The standard InChI is InChI=1S/C13H27N3O4S2/c1-12-6-4-5-9-16(12)22(19,20)15-10-7-13(8-11-15)14(2)21(3,17)18/h12-13H,4-11H2,1-3H3. The van der Waals surface area contributed by atoms with Gasteiger partial charge >= 0.3 is 0 Å².